The molecule has 1 nitrogen and oxygen atoms in total. The predicted molar refractivity (Wildman–Crippen MR) is 53.7 cm³/mol. The van der Waals surface area contributed by atoms with Crippen molar-refractivity contribution >= 4 is 22.4 Å². The van der Waals surface area contributed by atoms with Crippen LogP contribution in [0.25, 0.3) is 0 Å². The van der Waals surface area contributed by atoms with Gasteiger partial charge in [-0.2, -0.15) is 0 Å². The zero-order valence-corrected chi connectivity index (χ0v) is 8.44. The molecule has 0 radical (unpaired) electrons. The summed E-state index contributed by atoms with van der Waals surface area (Å²) in [5.74, 6) is 0.600. The van der Waals surface area contributed by atoms with Gasteiger partial charge in [0.2, 0.25) is 0 Å². The highest BCUT2D eigenvalue weighted by Gasteiger charge is 2.12. The first-order valence-electron chi connectivity index (χ1n) is 3.82. The lowest BCUT2D eigenvalue weighted by atomic mass is 10.2. The first kappa shape index (κ1) is 9.75. The predicted octanol–water partition coefficient (Wildman–Crippen LogP) is 2.69. The van der Waals surface area contributed by atoms with Crippen molar-refractivity contribution in [3.8, 4) is 0 Å². The Kier molecular flexibility index (Phi) is 3.76. The summed E-state index contributed by atoms with van der Waals surface area (Å²) in [6, 6.07) is 9.51. The third-order valence-electron chi connectivity index (χ3n) is 1.58. The van der Waals surface area contributed by atoms with Crippen LogP contribution in [0.2, 0.25) is 0 Å². The minimum atomic E-state index is -0.957. The second-order valence-corrected chi connectivity index (χ2v) is 4.90. The van der Waals surface area contributed by atoms with E-state index in [4.69, 9.17) is 11.6 Å². The van der Waals surface area contributed by atoms with Crippen molar-refractivity contribution < 1.29 is 4.21 Å². The SMILES string of the molecule is CCS(=O)C(Cl)c1ccccc1. The van der Waals surface area contributed by atoms with Crippen LogP contribution in [0, 0.1) is 0 Å². The van der Waals surface area contributed by atoms with Gasteiger partial charge in [0.1, 0.15) is 4.71 Å². The number of rotatable bonds is 3. The zero-order chi connectivity index (χ0) is 8.97. The van der Waals surface area contributed by atoms with Gasteiger partial charge in [0.15, 0.2) is 0 Å². The second-order valence-electron chi connectivity index (χ2n) is 2.40. The van der Waals surface area contributed by atoms with Gasteiger partial charge in [-0.1, -0.05) is 37.3 Å². The van der Waals surface area contributed by atoms with E-state index in [1.165, 1.54) is 0 Å². The Hall–Kier alpha value is -0.340. The summed E-state index contributed by atoms with van der Waals surface area (Å²) in [7, 11) is -0.957. The van der Waals surface area contributed by atoms with Gasteiger partial charge in [-0.3, -0.25) is 4.21 Å². The first-order valence-corrected chi connectivity index (χ1v) is 5.63. The van der Waals surface area contributed by atoms with Crippen LogP contribution in [0.1, 0.15) is 17.2 Å². The van der Waals surface area contributed by atoms with Crippen LogP contribution in [-0.2, 0) is 10.8 Å². The fourth-order valence-corrected chi connectivity index (χ4v) is 2.18. The Morgan fingerprint density at radius 1 is 1.42 bits per heavy atom. The summed E-state index contributed by atoms with van der Waals surface area (Å²) in [6.45, 7) is 1.87. The van der Waals surface area contributed by atoms with Gasteiger partial charge in [0.05, 0.1) is 0 Å². The molecule has 2 unspecified atom stereocenters. The Balaban J connectivity index is 2.78. The molecular formula is C9H11ClOS. The standard InChI is InChI=1S/C9H11ClOS/c1-2-12(11)9(10)8-6-4-3-5-7-8/h3-7,9H,2H2,1H3. The second kappa shape index (κ2) is 4.63. The van der Waals surface area contributed by atoms with Crippen LogP contribution < -0.4 is 0 Å². The van der Waals surface area contributed by atoms with Crippen LogP contribution in [-0.4, -0.2) is 9.96 Å². The normalized spacial score (nSPS) is 15.5. The van der Waals surface area contributed by atoms with Crippen LogP contribution >= 0.6 is 11.6 Å². The summed E-state index contributed by atoms with van der Waals surface area (Å²) < 4.78 is 10.9. The summed E-state index contributed by atoms with van der Waals surface area (Å²) in [5.41, 5.74) is 0.930. The van der Waals surface area contributed by atoms with Crippen molar-refractivity contribution in [2.75, 3.05) is 5.75 Å². The van der Waals surface area contributed by atoms with E-state index in [-0.39, 0.29) is 4.71 Å². The maximum Gasteiger partial charge on any atom is 0.134 e. The van der Waals surface area contributed by atoms with Crippen molar-refractivity contribution in [1.82, 2.24) is 0 Å². The molecule has 0 saturated carbocycles. The summed E-state index contributed by atoms with van der Waals surface area (Å²) >= 11 is 5.96. The van der Waals surface area contributed by atoms with Crippen LogP contribution in [0.3, 0.4) is 0 Å². The smallest absolute Gasteiger partial charge is 0.134 e. The molecule has 0 aliphatic rings. The minimum absolute atomic E-state index is 0.365. The van der Waals surface area contributed by atoms with E-state index in [0.717, 1.165) is 5.56 Å². The van der Waals surface area contributed by atoms with E-state index in [1.54, 1.807) is 0 Å². The Labute approximate surface area is 80.2 Å². The van der Waals surface area contributed by atoms with E-state index in [2.05, 4.69) is 0 Å². The molecule has 1 aromatic rings. The molecule has 1 rings (SSSR count). The van der Waals surface area contributed by atoms with Gasteiger partial charge in [-0.05, 0) is 5.56 Å². The van der Waals surface area contributed by atoms with Crippen molar-refractivity contribution in [2.24, 2.45) is 0 Å². The van der Waals surface area contributed by atoms with Crippen LogP contribution in [0.15, 0.2) is 30.3 Å². The molecule has 0 aliphatic carbocycles. The molecule has 1 aromatic carbocycles. The Morgan fingerprint density at radius 3 is 2.50 bits per heavy atom. The maximum atomic E-state index is 11.3. The molecule has 0 N–H and O–H groups in total. The van der Waals surface area contributed by atoms with E-state index < -0.39 is 10.8 Å². The monoisotopic (exact) mass is 202 g/mol. The molecule has 2 atom stereocenters. The summed E-state index contributed by atoms with van der Waals surface area (Å²) in [5, 5.41) is 0. The minimum Gasteiger partial charge on any atom is -0.258 e. The third-order valence-corrected chi connectivity index (χ3v) is 3.73. The van der Waals surface area contributed by atoms with E-state index in [9.17, 15) is 4.21 Å². The van der Waals surface area contributed by atoms with Crippen molar-refractivity contribution in [2.45, 2.75) is 11.6 Å². The lowest BCUT2D eigenvalue weighted by Crippen LogP contribution is -2.01. The van der Waals surface area contributed by atoms with E-state index >= 15 is 0 Å². The van der Waals surface area contributed by atoms with Crippen LogP contribution in [0.4, 0.5) is 0 Å². The van der Waals surface area contributed by atoms with Crippen molar-refractivity contribution in [3.63, 3.8) is 0 Å². The molecule has 66 valence electrons. The molecular weight excluding hydrogens is 192 g/mol. The van der Waals surface area contributed by atoms with Gasteiger partial charge in [-0.15, -0.1) is 11.6 Å². The number of hydrogen-bond donors (Lipinski definition) is 0. The van der Waals surface area contributed by atoms with Gasteiger partial charge < -0.3 is 0 Å². The van der Waals surface area contributed by atoms with Gasteiger partial charge >= 0.3 is 0 Å². The number of alkyl halides is 1. The molecule has 0 bridgehead atoms. The Bertz CT molecular complexity index is 260. The van der Waals surface area contributed by atoms with Crippen molar-refractivity contribution in [1.29, 1.82) is 0 Å². The lowest BCUT2D eigenvalue weighted by molar-refractivity contribution is 0.682. The fourth-order valence-electron chi connectivity index (χ4n) is 0.902. The average Bonchev–Trinajstić information content (AvgIpc) is 2.17. The quantitative estimate of drug-likeness (QED) is 0.689. The molecule has 0 heterocycles. The van der Waals surface area contributed by atoms with Crippen LogP contribution in [0.5, 0.6) is 0 Å². The molecule has 3 heteroatoms. The zero-order valence-electron chi connectivity index (χ0n) is 6.87. The van der Waals surface area contributed by atoms with Gasteiger partial charge in [0.25, 0.3) is 0 Å². The Morgan fingerprint density at radius 2 is 2.00 bits per heavy atom. The highest BCUT2D eigenvalue weighted by atomic mass is 35.5. The summed E-state index contributed by atoms with van der Waals surface area (Å²) in [6.07, 6.45) is 0. The molecule has 12 heavy (non-hydrogen) atoms. The van der Waals surface area contributed by atoms with E-state index in [0.29, 0.717) is 5.75 Å². The lowest BCUT2D eigenvalue weighted by Gasteiger charge is -2.06. The number of benzene rings is 1. The van der Waals surface area contributed by atoms with E-state index in [1.807, 2.05) is 37.3 Å². The molecule has 0 aromatic heterocycles. The van der Waals surface area contributed by atoms with Gasteiger partial charge in [0, 0.05) is 16.6 Å². The summed E-state index contributed by atoms with van der Waals surface area (Å²) in [4.78, 5) is 0. The topological polar surface area (TPSA) is 17.1 Å². The van der Waals surface area contributed by atoms with Gasteiger partial charge in [-0.25, -0.2) is 0 Å². The molecule has 0 saturated heterocycles. The highest BCUT2D eigenvalue weighted by molar-refractivity contribution is 7.86. The fraction of sp³-hybridized carbons (Fsp3) is 0.333. The third kappa shape index (κ3) is 2.32. The van der Waals surface area contributed by atoms with Crippen molar-refractivity contribution in [3.05, 3.63) is 35.9 Å². The molecule has 0 amide bonds. The molecule has 0 fully saturated rings. The molecule has 0 spiro atoms. The number of halogens is 1. The largest absolute Gasteiger partial charge is 0.258 e. The molecule has 0 aliphatic heterocycles. The maximum absolute atomic E-state index is 11.3. The first-order chi connectivity index (χ1) is 5.75. The average molecular weight is 203 g/mol. The highest BCUT2D eigenvalue weighted by Crippen LogP contribution is 2.23. The number of hydrogen-bond acceptors (Lipinski definition) is 1.